The fourth-order valence-electron chi connectivity index (χ4n) is 4.07. The molecule has 5 aromatic rings. The summed E-state index contributed by atoms with van der Waals surface area (Å²) in [6, 6.07) is 35.4. The van der Waals surface area contributed by atoms with Gasteiger partial charge in [0, 0.05) is 16.3 Å². The molecule has 4 nitrogen and oxygen atoms in total. The minimum Gasteiger partial charge on any atom is -0.309 e. The Kier molecular flexibility index (Phi) is 6.74. The van der Waals surface area contributed by atoms with E-state index in [9.17, 15) is 9.18 Å². The van der Waals surface area contributed by atoms with E-state index in [2.05, 4.69) is 15.1 Å². The summed E-state index contributed by atoms with van der Waals surface area (Å²) in [5, 5.41) is 4.82. The van der Waals surface area contributed by atoms with Gasteiger partial charge < -0.3 is 4.57 Å². The molecule has 0 spiro atoms. The number of hydrazone groups is 1. The third kappa shape index (κ3) is 4.83. The molecule has 0 aliphatic carbocycles. The van der Waals surface area contributed by atoms with Crippen molar-refractivity contribution in [3.8, 4) is 28.2 Å². The van der Waals surface area contributed by atoms with Gasteiger partial charge in [-0.05, 0) is 53.6 Å². The van der Waals surface area contributed by atoms with Crippen LogP contribution in [-0.4, -0.2) is 16.7 Å². The van der Waals surface area contributed by atoms with Crippen LogP contribution in [0.4, 0.5) is 4.39 Å². The first kappa shape index (κ1) is 23.3. The van der Waals surface area contributed by atoms with Crippen LogP contribution >= 0.6 is 11.6 Å². The summed E-state index contributed by atoms with van der Waals surface area (Å²) in [6.45, 7) is 0. The third-order valence-electron chi connectivity index (χ3n) is 5.72. The molecule has 0 unspecified atom stereocenters. The van der Waals surface area contributed by atoms with Crippen molar-refractivity contribution in [1.82, 2.24) is 9.99 Å². The topological polar surface area (TPSA) is 46.4 Å². The van der Waals surface area contributed by atoms with Crippen molar-refractivity contribution in [3.05, 3.63) is 137 Å². The van der Waals surface area contributed by atoms with Gasteiger partial charge in [-0.1, -0.05) is 84.4 Å². The Balaban J connectivity index is 1.64. The first-order valence-electron chi connectivity index (χ1n) is 11.3. The Morgan fingerprint density at radius 1 is 0.806 bits per heavy atom. The number of carbonyl (C=O) groups is 1. The molecule has 6 heteroatoms. The zero-order valence-corrected chi connectivity index (χ0v) is 19.9. The standard InChI is InChI=1S/C30H21ClFN3O/c31-24-15-17-25(18-16-24)35-28(21-9-3-1-4-10-21)19-23(29(35)22-11-5-2-6-12-22)20-33-34-30(36)26-13-7-8-14-27(26)32/h1-20H,(H,34,36)/b33-20-. The van der Waals surface area contributed by atoms with E-state index in [1.165, 1.54) is 18.2 Å². The second kappa shape index (κ2) is 10.4. The maximum absolute atomic E-state index is 14.0. The number of halogens is 2. The van der Waals surface area contributed by atoms with Gasteiger partial charge >= 0.3 is 0 Å². The fraction of sp³-hybridized carbons (Fsp3) is 0. The fourth-order valence-corrected chi connectivity index (χ4v) is 4.19. The van der Waals surface area contributed by atoms with Crippen LogP contribution in [0.25, 0.3) is 28.2 Å². The summed E-state index contributed by atoms with van der Waals surface area (Å²) >= 11 is 6.18. The Morgan fingerprint density at radius 3 is 2.08 bits per heavy atom. The van der Waals surface area contributed by atoms with Crippen LogP contribution in [0.2, 0.25) is 5.02 Å². The van der Waals surface area contributed by atoms with E-state index in [0.29, 0.717) is 5.02 Å². The molecule has 0 saturated heterocycles. The van der Waals surface area contributed by atoms with Gasteiger partial charge in [-0.15, -0.1) is 0 Å². The highest BCUT2D eigenvalue weighted by molar-refractivity contribution is 6.30. The molecule has 1 heterocycles. The predicted molar refractivity (Wildman–Crippen MR) is 143 cm³/mol. The number of hydrogen-bond acceptors (Lipinski definition) is 2. The van der Waals surface area contributed by atoms with Gasteiger partial charge in [0.25, 0.3) is 5.91 Å². The third-order valence-corrected chi connectivity index (χ3v) is 5.97. The molecule has 0 saturated carbocycles. The zero-order valence-electron chi connectivity index (χ0n) is 19.1. The molecule has 0 aliphatic heterocycles. The normalized spacial score (nSPS) is 11.1. The number of nitrogens with one attached hydrogen (secondary N) is 1. The van der Waals surface area contributed by atoms with Crippen LogP contribution < -0.4 is 5.43 Å². The molecular weight excluding hydrogens is 473 g/mol. The Hall–Kier alpha value is -4.48. The Bertz CT molecular complexity index is 1530. The van der Waals surface area contributed by atoms with Gasteiger partial charge in [0.2, 0.25) is 0 Å². The maximum atomic E-state index is 14.0. The molecule has 0 aliphatic rings. The van der Waals surface area contributed by atoms with Crippen LogP contribution in [0.5, 0.6) is 0 Å². The summed E-state index contributed by atoms with van der Waals surface area (Å²) < 4.78 is 16.2. The molecule has 0 fully saturated rings. The van der Waals surface area contributed by atoms with Crippen molar-refractivity contribution in [1.29, 1.82) is 0 Å². The molecule has 5 rings (SSSR count). The Morgan fingerprint density at radius 2 is 1.42 bits per heavy atom. The van der Waals surface area contributed by atoms with Crippen LogP contribution in [0, 0.1) is 5.82 Å². The average Bonchev–Trinajstić information content (AvgIpc) is 3.29. The highest BCUT2D eigenvalue weighted by Gasteiger charge is 2.19. The van der Waals surface area contributed by atoms with Crippen molar-refractivity contribution in [2.75, 3.05) is 0 Å². The number of nitrogens with zero attached hydrogens (tertiary/aromatic N) is 2. The lowest BCUT2D eigenvalue weighted by molar-refractivity contribution is 0.0951. The zero-order chi connectivity index (χ0) is 24.9. The van der Waals surface area contributed by atoms with Crippen molar-refractivity contribution < 1.29 is 9.18 Å². The average molecular weight is 494 g/mol. The first-order chi connectivity index (χ1) is 17.6. The molecule has 4 aromatic carbocycles. The van der Waals surface area contributed by atoms with Gasteiger partial charge in [0.1, 0.15) is 5.82 Å². The van der Waals surface area contributed by atoms with Gasteiger partial charge in [0.15, 0.2) is 0 Å². The van der Waals surface area contributed by atoms with E-state index in [4.69, 9.17) is 11.6 Å². The van der Waals surface area contributed by atoms with Crippen LogP contribution in [0.1, 0.15) is 15.9 Å². The summed E-state index contributed by atoms with van der Waals surface area (Å²) in [6.07, 6.45) is 1.58. The van der Waals surface area contributed by atoms with Crippen LogP contribution in [-0.2, 0) is 0 Å². The van der Waals surface area contributed by atoms with Crippen molar-refractivity contribution >= 4 is 23.7 Å². The molecule has 1 N–H and O–H groups in total. The number of amides is 1. The SMILES string of the molecule is O=C(N/N=C\c1cc(-c2ccccc2)n(-c2ccc(Cl)cc2)c1-c1ccccc1)c1ccccc1F. The molecule has 0 atom stereocenters. The van der Waals surface area contributed by atoms with E-state index in [1.807, 2.05) is 91.0 Å². The largest absolute Gasteiger partial charge is 0.309 e. The van der Waals surface area contributed by atoms with Crippen molar-refractivity contribution in [2.45, 2.75) is 0 Å². The molecule has 1 amide bonds. The summed E-state index contributed by atoms with van der Waals surface area (Å²) in [5.41, 5.74) is 7.90. The molecule has 36 heavy (non-hydrogen) atoms. The maximum Gasteiger partial charge on any atom is 0.274 e. The van der Waals surface area contributed by atoms with Crippen LogP contribution in [0.3, 0.4) is 0 Å². The van der Waals surface area contributed by atoms with Gasteiger partial charge in [0.05, 0.1) is 23.2 Å². The number of aromatic nitrogens is 1. The first-order valence-corrected chi connectivity index (χ1v) is 11.7. The summed E-state index contributed by atoms with van der Waals surface area (Å²) in [5.74, 6) is -1.22. The number of benzene rings is 4. The van der Waals surface area contributed by atoms with Gasteiger partial charge in [-0.3, -0.25) is 4.79 Å². The predicted octanol–water partition coefficient (Wildman–Crippen LogP) is 7.37. The number of carbonyl (C=O) groups excluding carboxylic acids is 1. The molecule has 1 aromatic heterocycles. The second-order valence-corrected chi connectivity index (χ2v) is 8.49. The van der Waals surface area contributed by atoms with Crippen LogP contribution in [0.15, 0.2) is 120 Å². The molecular formula is C30H21ClFN3O. The molecule has 0 radical (unpaired) electrons. The highest BCUT2D eigenvalue weighted by atomic mass is 35.5. The smallest absolute Gasteiger partial charge is 0.274 e. The quantitative estimate of drug-likeness (QED) is 0.195. The minimum absolute atomic E-state index is 0.0679. The van der Waals surface area contributed by atoms with E-state index in [-0.39, 0.29) is 5.56 Å². The number of hydrogen-bond donors (Lipinski definition) is 1. The van der Waals surface area contributed by atoms with Crippen molar-refractivity contribution in [3.63, 3.8) is 0 Å². The summed E-state index contributed by atoms with van der Waals surface area (Å²) in [7, 11) is 0. The molecule has 176 valence electrons. The van der Waals surface area contributed by atoms with E-state index < -0.39 is 11.7 Å². The lowest BCUT2D eigenvalue weighted by Crippen LogP contribution is -2.18. The molecule has 0 bridgehead atoms. The Labute approximate surface area is 213 Å². The van der Waals surface area contributed by atoms with E-state index in [1.54, 1.807) is 12.3 Å². The lowest BCUT2D eigenvalue weighted by Gasteiger charge is -2.15. The minimum atomic E-state index is -0.619. The highest BCUT2D eigenvalue weighted by Crippen LogP contribution is 2.35. The summed E-state index contributed by atoms with van der Waals surface area (Å²) in [4.78, 5) is 12.5. The number of rotatable bonds is 6. The van der Waals surface area contributed by atoms with Gasteiger partial charge in [-0.25, -0.2) is 9.82 Å². The van der Waals surface area contributed by atoms with E-state index >= 15 is 0 Å². The van der Waals surface area contributed by atoms with Crippen molar-refractivity contribution in [2.24, 2.45) is 5.10 Å². The lowest BCUT2D eigenvalue weighted by atomic mass is 10.1. The second-order valence-electron chi connectivity index (χ2n) is 8.06. The monoisotopic (exact) mass is 493 g/mol. The van der Waals surface area contributed by atoms with Gasteiger partial charge in [-0.2, -0.15) is 5.10 Å². The van der Waals surface area contributed by atoms with E-state index in [0.717, 1.165) is 33.8 Å².